The Balaban J connectivity index is 1.17. The second kappa shape index (κ2) is 7.95. The molecular formula is C24H27ClN8O. The minimum Gasteiger partial charge on any atom is -0.382 e. The normalized spacial score (nSPS) is 20.9. The Kier molecular flexibility index (Phi) is 5.00. The fourth-order valence-corrected chi connectivity index (χ4v) is 5.95. The summed E-state index contributed by atoms with van der Waals surface area (Å²) in [6.07, 6.45) is 7.06. The van der Waals surface area contributed by atoms with Gasteiger partial charge in [-0.05, 0) is 54.4 Å². The summed E-state index contributed by atoms with van der Waals surface area (Å²) in [5, 5.41) is 5.00. The zero-order chi connectivity index (χ0) is 23.4. The zero-order valence-electron chi connectivity index (χ0n) is 18.8. The lowest BCUT2D eigenvalue weighted by atomic mass is 9.73. The van der Waals surface area contributed by atoms with Gasteiger partial charge < -0.3 is 16.4 Å². The number of fused-ring (bicyclic) bond motifs is 2. The van der Waals surface area contributed by atoms with Crippen molar-refractivity contribution in [2.24, 2.45) is 11.1 Å². The molecule has 9 nitrogen and oxygen atoms in total. The molecule has 0 bridgehead atoms. The molecule has 1 aliphatic carbocycles. The number of hydrogen-bond donors (Lipinski definition) is 2. The van der Waals surface area contributed by atoms with E-state index in [2.05, 4.69) is 26.0 Å². The lowest BCUT2D eigenvalue weighted by Gasteiger charge is -2.42. The number of aromatic nitrogens is 4. The summed E-state index contributed by atoms with van der Waals surface area (Å²) >= 11 is 6.22. The van der Waals surface area contributed by atoms with Gasteiger partial charge >= 0.3 is 0 Å². The van der Waals surface area contributed by atoms with Crippen LogP contribution in [0.25, 0.3) is 0 Å². The first-order chi connectivity index (χ1) is 16.4. The van der Waals surface area contributed by atoms with Crippen LogP contribution in [0.4, 0.5) is 17.5 Å². The van der Waals surface area contributed by atoms with Crippen LogP contribution < -0.4 is 21.3 Å². The summed E-state index contributed by atoms with van der Waals surface area (Å²) in [7, 11) is 0. The van der Waals surface area contributed by atoms with Gasteiger partial charge in [-0.2, -0.15) is 5.10 Å². The molecule has 1 aromatic carbocycles. The minimum atomic E-state index is -0.246. The van der Waals surface area contributed by atoms with Crippen molar-refractivity contribution in [1.29, 1.82) is 0 Å². The van der Waals surface area contributed by atoms with Crippen LogP contribution in [0, 0.1) is 5.41 Å². The van der Waals surface area contributed by atoms with Gasteiger partial charge in [-0.25, -0.2) is 14.6 Å². The van der Waals surface area contributed by atoms with Gasteiger partial charge in [0.25, 0.3) is 5.91 Å². The monoisotopic (exact) mass is 478 g/mol. The SMILES string of the molecule is Nc1nc(N2CCC3(CC2)Cc2ccc(Cl)cc2[C@H]3N)cnc1C(=O)N1CCCn2nccc21. The molecule has 10 heteroatoms. The zero-order valence-corrected chi connectivity index (χ0v) is 19.6. The highest BCUT2D eigenvalue weighted by Gasteiger charge is 2.46. The van der Waals surface area contributed by atoms with E-state index in [1.54, 1.807) is 17.3 Å². The lowest BCUT2D eigenvalue weighted by molar-refractivity contribution is 0.0977. The lowest BCUT2D eigenvalue weighted by Crippen LogP contribution is -2.44. The Hall–Kier alpha value is -3.17. The minimum absolute atomic E-state index is 0.0162. The van der Waals surface area contributed by atoms with Gasteiger partial charge in [0.15, 0.2) is 11.5 Å². The number of halogens is 1. The number of carbonyl (C=O) groups is 1. The number of hydrogen-bond acceptors (Lipinski definition) is 7. The standard InChI is InChI=1S/C24H27ClN8O/c25-16-3-2-15-13-24(21(26)17(15)12-16)5-10-31(11-6-24)18-14-28-20(22(27)30-18)23(34)32-8-1-9-33-19(32)4-7-29-33/h2-4,7,12,14,21H,1,5-6,8-11,13,26H2,(H2,27,30)/t21-/m1/s1. The molecule has 1 amide bonds. The number of carbonyl (C=O) groups excluding carboxylic acids is 1. The summed E-state index contributed by atoms with van der Waals surface area (Å²) in [6, 6.07) is 7.88. The Morgan fingerprint density at radius 2 is 1.97 bits per heavy atom. The number of piperidine rings is 1. The first kappa shape index (κ1) is 21.4. The second-order valence-corrected chi connectivity index (χ2v) is 9.97. The number of nitrogens with zero attached hydrogens (tertiary/aromatic N) is 6. The quantitative estimate of drug-likeness (QED) is 0.581. The summed E-state index contributed by atoms with van der Waals surface area (Å²) in [4.78, 5) is 26.0. The molecular weight excluding hydrogens is 452 g/mol. The predicted octanol–water partition coefficient (Wildman–Crippen LogP) is 2.80. The van der Waals surface area contributed by atoms with E-state index in [-0.39, 0.29) is 28.9 Å². The Labute approximate surface area is 202 Å². The molecule has 1 atom stereocenters. The number of amides is 1. The first-order valence-corrected chi connectivity index (χ1v) is 12.1. The van der Waals surface area contributed by atoms with Gasteiger partial charge in [-0.3, -0.25) is 9.69 Å². The summed E-state index contributed by atoms with van der Waals surface area (Å²) < 4.78 is 1.82. The third-order valence-corrected chi connectivity index (χ3v) is 7.92. The van der Waals surface area contributed by atoms with Crippen LogP contribution in [0.1, 0.15) is 46.9 Å². The molecule has 6 rings (SSSR count). The largest absolute Gasteiger partial charge is 0.382 e. The summed E-state index contributed by atoms with van der Waals surface area (Å²) in [6.45, 7) is 3.02. The van der Waals surface area contributed by atoms with Crippen molar-refractivity contribution in [2.45, 2.75) is 38.3 Å². The van der Waals surface area contributed by atoms with Crippen molar-refractivity contribution >= 4 is 35.0 Å². The van der Waals surface area contributed by atoms with Crippen molar-refractivity contribution < 1.29 is 4.79 Å². The molecule has 176 valence electrons. The van der Waals surface area contributed by atoms with E-state index in [0.29, 0.717) is 12.4 Å². The molecule has 2 aromatic heterocycles. The van der Waals surface area contributed by atoms with E-state index in [9.17, 15) is 4.79 Å². The maximum absolute atomic E-state index is 13.2. The highest BCUT2D eigenvalue weighted by molar-refractivity contribution is 6.30. The molecule has 3 aromatic rings. The maximum atomic E-state index is 13.2. The molecule has 34 heavy (non-hydrogen) atoms. The van der Waals surface area contributed by atoms with Crippen molar-refractivity contribution in [1.82, 2.24) is 19.7 Å². The van der Waals surface area contributed by atoms with E-state index in [1.807, 2.05) is 22.9 Å². The van der Waals surface area contributed by atoms with E-state index in [1.165, 1.54) is 11.1 Å². The van der Waals surface area contributed by atoms with Gasteiger partial charge in [0.1, 0.15) is 11.6 Å². The average Bonchev–Trinajstić information content (AvgIpc) is 3.43. The first-order valence-electron chi connectivity index (χ1n) is 11.7. The molecule has 1 saturated heterocycles. The van der Waals surface area contributed by atoms with Crippen LogP contribution in [-0.2, 0) is 13.0 Å². The molecule has 2 aliphatic heterocycles. The van der Waals surface area contributed by atoms with Crippen LogP contribution in [-0.4, -0.2) is 45.3 Å². The fourth-order valence-electron chi connectivity index (χ4n) is 5.77. The molecule has 4 heterocycles. The van der Waals surface area contributed by atoms with Crippen LogP contribution in [0.5, 0.6) is 0 Å². The maximum Gasteiger partial charge on any atom is 0.281 e. The molecule has 0 unspecified atom stereocenters. The highest BCUT2D eigenvalue weighted by Crippen LogP contribution is 2.51. The number of nitrogens with two attached hydrogens (primary N) is 2. The number of nitrogen functional groups attached to an aromatic ring is 1. The third-order valence-electron chi connectivity index (χ3n) is 7.69. The van der Waals surface area contributed by atoms with Crippen molar-refractivity contribution in [2.75, 3.05) is 35.2 Å². The van der Waals surface area contributed by atoms with E-state index in [0.717, 1.165) is 56.2 Å². The molecule has 1 fully saturated rings. The topological polar surface area (TPSA) is 119 Å². The second-order valence-electron chi connectivity index (χ2n) is 9.53. The molecule has 0 radical (unpaired) electrons. The summed E-state index contributed by atoms with van der Waals surface area (Å²) in [5.74, 6) is 1.36. The van der Waals surface area contributed by atoms with Crippen LogP contribution in [0.3, 0.4) is 0 Å². The molecule has 3 aliphatic rings. The van der Waals surface area contributed by atoms with Crippen LogP contribution >= 0.6 is 11.6 Å². The van der Waals surface area contributed by atoms with Gasteiger partial charge in [0.05, 0.1) is 12.4 Å². The Morgan fingerprint density at radius 1 is 1.15 bits per heavy atom. The number of benzene rings is 1. The third kappa shape index (κ3) is 3.33. The predicted molar refractivity (Wildman–Crippen MR) is 131 cm³/mol. The fraction of sp³-hybridized carbons (Fsp3) is 0.417. The van der Waals surface area contributed by atoms with Gasteiger partial charge in [-0.15, -0.1) is 0 Å². The number of anilines is 3. The van der Waals surface area contributed by atoms with Crippen LogP contribution in [0.2, 0.25) is 5.02 Å². The average molecular weight is 479 g/mol. The van der Waals surface area contributed by atoms with Gasteiger partial charge in [0.2, 0.25) is 0 Å². The highest BCUT2D eigenvalue weighted by atomic mass is 35.5. The van der Waals surface area contributed by atoms with Gasteiger partial charge in [0, 0.05) is 43.3 Å². The van der Waals surface area contributed by atoms with E-state index < -0.39 is 0 Å². The van der Waals surface area contributed by atoms with E-state index >= 15 is 0 Å². The van der Waals surface area contributed by atoms with Crippen molar-refractivity contribution in [3.05, 3.63) is 58.5 Å². The van der Waals surface area contributed by atoms with Crippen molar-refractivity contribution in [3.63, 3.8) is 0 Å². The number of rotatable bonds is 2. The smallest absolute Gasteiger partial charge is 0.281 e. The molecule has 1 spiro atoms. The van der Waals surface area contributed by atoms with Crippen LogP contribution in [0.15, 0.2) is 36.7 Å². The number of aryl methyl sites for hydroxylation is 1. The Morgan fingerprint density at radius 3 is 2.76 bits per heavy atom. The van der Waals surface area contributed by atoms with Gasteiger partial charge in [-0.1, -0.05) is 17.7 Å². The Bertz CT molecular complexity index is 1270. The molecule has 4 N–H and O–H groups in total. The summed E-state index contributed by atoms with van der Waals surface area (Å²) in [5.41, 5.74) is 15.6. The van der Waals surface area contributed by atoms with Crippen molar-refractivity contribution in [3.8, 4) is 0 Å². The van der Waals surface area contributed by atoms with E-state index in [4.69, 9.17) is 23.1 Å². The molecule has 0 saturated carbocycles.